The van der Waals surface area contributed by atoms with Gasteiger partial charge in [-0.3, -0.25) is 4.90 Å². The number of fused-ring (bicyclic) bond motifs is 2. The molecule has 0 aliphatic rings. The second-order valence-corrected chi connectivity index (χ2v) is 9.84. The Morgan fingerprint density at radius 3 is 2.57 bits per heavy atom. The molecule has 1 aromatic heterocycles. The van der Waals surface area contributed by atoms with E-state index < -0.39 is 0 Å². The average Bonchev–Trinajstić information content (AvgIpc) is 3.24. The Hall–Kier alpha value is -3.31. The van der Waals surface area contributed by atoms with Crippen molar-refractivity contribution in [3.63, 3.8) is 0 Å². The summed E-state index contributed by atoms with van der Waals surface area (Å²) in [6.45, 7) is 9.18. The molecule has 0 amide bonds. The summed E-state index contributed by atoms with van der Waals surface area (Å²) in [7, 11) is 0. The number of rotatable bonds is 10. The minimum Gasteiger partial charge on any atom is -0.494 e. The summed E-state index contributed by atoms with van der Waals surface area (Å²) < 4.78 is 8.32. The molecular formula is C31H29Cl2N3O. The van der Waals surface area contributed by atoms with Crippen molar-refractivity contribution in [1.82, 2.24) is 14.5 Å². The molecule has 6 heteroatoms. The lowest BCUT2D eigenvalue weighted by molar-refractivity contribution is 0.234. The van der Waals surface area contributed by atoms with Gasteiger partial charge in [0, 0.05) is 35.2 Å². The van der Waals surface area contributed by atoms with Crippen LogP contribution in [0.4, 0.5) is 0 Å². The van der Waals surface area contributed by atoms with Gasteiger partial charge in [0.2, 0.25) is 0 Å². The molecule has 4 aromatic carbocycles. The van der Waals surface area contributed by atoms with Crippen LogP contribution in [-0.2, 0) is 26.2 Å². The molecule has 4 nitrogen and oxygen atoms in total. The zero-order valence-corrected chi connectivity index (χ0v) is 22.3. The zero-order chi connectivity index (χ0) is 25.8. The average molecular weight is 530 g/mol. The van der Waals surface area contributed by atoms with Gasteiger partial charge in [0.05, 0.1) is 24.2 Å². The van der Waals surface area contributed by atoms with Crippen LogP contribution in [0.25, 0.3) is 21.8 Å². The van der Waals surface area contributed by atoms with Crippen LogP contribution >= 0.6 is 23.2 Å². The van der Waals surface area contributed by atoms with E-state index in [0.29, 0.717) is 42.8 Å². The van der Waals surface area contributed by atoms with Gasteiger partial charge >= 0.3 is 0 Å². The molecule has 5 aromatic rings. The second-order valence-electron chi connectivity index (χ2n) is 8.99. The van der Waals surface area contributed by atoms with E-state index in [1.54, 1.807) is 6.07 Å². The summed E-state index contributed by atoms with van der Waals surface area (Å²) in [5.74, 6) is 1.87. The number of hydrogen-bond acceptors (Lipinski definition) is 3. The van der Waals surface area contributed by atoms with Gasteiger partial charge in [-0.2, -0.15) is 0 Å². The van der Waals surface area contributed by atoms with Crippen molar-refractivity contribution in [3.05, 3.63) is 119 Å². The van der Waals surface area contributed by atoms with Crippen molar-refractivity contribution in [2.75, 3.05) is 6.61 Å². The van der Waals surface area contributed by atoms with E-state index in [4.69, 9.17) is 32.9 Å². The van der Waals surface area contributed by atoms with Crippen molar-refractivity contribution in [1.29, 1.82) is 0 Å². The van der Waals surface area contributed by atoms with Crippen molar-refractivity contribution in [2.45, 2.75) is 33.1 Å². The Bertz CT molecular complexity index is 1560. The minimum absolute atomic E-state index is 0.601. The van der Waals surface area contributed by atoms with E-state index in [0.717, 1.165) is 33.7 Å². The Morgan fingerprint density at radius 1 is 0.946 bits per heavy atom. The molecule has 0 spiro atoms. The van der Waals surface area contributed by atoms with Crippen LogP contribution < -0.4 is 4.74 Å². The summed E-state index contributed by atoms with van der Waals surface area (Å²) in [4.78, 5) is 7.36. The van der Waals surface area contributed by atoms with E-state index in [1.165, 1.54) is 10.8 Å². The first-order chi connectivity index (χ1) is 18.1. The SMILES string of the molecule is C=CCn1c(CN(Cc2ccc(Cl)cc2Cl)Cc2c(OCC)ccc3ccccc23)nc2ccccc21. The predicted octanol–water partition coefficient (Wildman–Crippen LogP) is 8.28. The summed E-state index contributed by atoms with van der Waals surface area (Å²) in [6.07, 6.45) is 1.91. The van der Waals surface area contributed by atoms with Gasteiger partial charge in [-0.1, -0.05) is 77.8 Å². The highest BCUT2D eigenvalue weighted by Gasteiger charge is 2.19. The Morgan fingerprint density at radius 2 is 1.76 bits per heavy atom. The molecule has 0 saturated carbocycles. The van der Waals surface area contributed by atoms with E-state index >= 15 is 0 Å². The summed E-state index contributed by atoms with van der Waals surface area (Å²) >= 11 is 12.8. The lowest BCUT2D eigenvalue weighted by Gasteiger charge is -2.25. The van der Waals surface area contributed by atoms with Gasteiger partial charge in [-0.15, -0.1) is 6.58 Å². The van der Waals surface area contributed by atoms with Crippen molar-refractivity contribution in [3.8, 4) is 5.75 Å². The Balaban J connectivity index is 1.59. The first-order valence-corrected chi connectivity index (χ1v) is 13.2. The Kier molecular flexibility index (Phi) is 7.80. The van der Waals surface area contributed by atoms with Crippen LogP contribution in [0.5, 0.6) is 5.75 Å². The maximum absolute atomic E-state index is 6.63. The number of hydrogen-bond donors (Lipinski definition) is 0. The van der Waals surface area contributed by atoms with Crippen LogP contribution in [0.1, 0.15) is 23.9 Å². The fourth-order valence-corrected chi connectivity index (χ4v) is 5.30. The number of imidazole rings is 1. The van der Waals surface area contributed by atoms with Gasteiger partial charge in [-0.05, 0) is 53.6 Å². The summed E-state index contributed by atoms with van der Waals surface area (Å²) in [5.41, 5.74) is 4.23. The first kappa shape index (κ1) is 25.3. The molecule has 188 valence electrons. The van der Waals surface area contributed by atoms with Gasteiger partial charge < -0.3 is 9.30 Å². The quantitative estimate of drug-likeness (QED) is 0.170. The van der Waals surface area contributed by atoms with Crippen molar-refractivity contribution in [2.24, 2.45) is 0 Å². The molecular weight excluding hydrogens is 501 g/mol. The summed E-state index contributed by atoms with van der Waals surface area (Å²) in [5, 5.41) is 3.64. The second kappa shape index (κ2) is 11.4. The third-order valence-corrected chi connectivity index (χ3v) is 7.09. The highest BCUT2D eigenvalue weighted by Crippen LogP contribution is 2.32. The van der Waals surface area contributed by atoms with Gasteiger partial charge in [0.15, 0.2) is 0 Å². The number of nitrogens with zero attached hydrogens (tertiary/aromatic N) is 3. The van der Waals surface area contributed by atoms with Crippen molar-refractivity contribution >= 4 is 45.0 Å². The predicted molar refractivity (Wildman–Crippen MR) is 154 cm³/mol. The number of ether oxygens (including phenoxy) is 1. The molecule has 5 rings (SSSR count). The monoisotopic (exact) mass is 529 g/mol. The zero-order valence-electron chi connectivity index (χ0n) is 20.8. The third kappa shape index (κ3) is 5.52. The van der Waals surface area contributed by atoms with Gasteiger partial charge in [-0.25, -0.2) is 4.98 Å². The molecule has 0 aliphatic heterocycles. The number of aromatic nitrogens is 2. The molecule has 0 bridgehead atoms. The van der Waals surface area contributed by atoms with Crippen LogP contribution in [0.15, 0.2) is 91.5 Å². The van der Waals surface area contributed by atoms with Crippen LogP contribution in [0, 0.1) is 0 Å². The molecule has 37 heavy (non-hydrogen) atoms. The molecule has 0 saturated heterocycles. The Labute approximate surface area is 227 Å². The fraction of sp³-hybridized carbons (Fsp3) is 0.194. The summed E-state index contributed by atoms with van der Waals surface area (Å²) in [6, 6.07) is 26.5. The molecule has 0 aliphatic carbocycles. The molecule has 0 radical (unpaired) electrons. The molecule has 0 atom stereocenters. The third-order valence-electron chi connectivity index (χ3n) is 6.50. The smallest absolute Gasteiger partial charge is 0.124 e. The highest BCUT2D eigenvalue weighted by molar-refractivity contribution is 6.35. The van der Waals surface area contributed by atoms with Crippen molar-refractivity contribution < 1.29 is 4.74 Å². The number of benzene rings is 4. The van der Waals surface area contributed by atoms with Crippen LogP contribution in [0.2, 0.25) is 10.0 Å². The molecule has 0 unspecified atom stereocenters. The van der Waals surface area contributed by atoms with E-state index in [1.807, 2.05) is 37.3 Å². The minimum atomic E-state index is 0.601. The lowest BCUT2D eigenvalue weighted by atomic mass is 10.0. The molecule has 1 heterocycles. The fourth-order valence-electron chi connectivity index (χ4n) is 4.83. The maximum atomic E-state index is 6.63. The molecule has 0 N–H and O–H groups in total. The maximum Gasteiger partial charge on any atom is 0.124 e. The largest absolute Gasteiger partial charge is 0.494 e. The van der Waals surface area contributed by atoms with Crippen LogP contribution in [0.3, 0.4) is 0 Å². The lowest BCUT2D eigenvalue weighted by Crippen LogP contribution is -2.25. The highest BCUT2D eigenvalue weighted by atomic mass is 35.5. The first-order valence-electron chi connectivity index (χ1n) is 12.4. The molecule has 0 fully saturated rings. The van der Waals surface area contributed by atoms with E-state index in [9.17, 15) is 0 Å². The van der Waals surface area contributed by atoms with Gasteiger partial charge in [0.25, 0.3) is 0 Å². The number of halogens is 2. The number of allylic oxidation sites excluding steroid dienone is 1. The van der Waals surface area contributed by atoms with Crippen LogP contribution in [-0.4, -0.2) is 21.1 Å². The van der Waals surface area contributed by atoms with E-state index in [-0.39, 0.29) is 0 Å². The van der Waals surface area contributed by atoms with E-state index in [2.05, 4.69) is 64.6 Å². The number of para-hydroxylation sites is 2. The standard InChI is InChI=1S/C31H29Cl2N3O/c1-3-17-36-29-12-8-7-11-28(29)34-31(36)21-35(19-23-13-15-24(32)18-27(23)33)20-26-25-10-6-5-9-22(25)14-16-30(26)37-4-2/h3,5-16,18H,1,4,17,19-21H2,2H3. The topological polar surface area (TPSA) is 30.3 Å². The van der Waals surface area contributed by atoms with Gasteiger partial charge in [0.1, 0.15) is 11.6 Å². The normalized spacial score (nSPS) is 11.5.